The molecule has 1 atom stereocenters. The van der Waals surface area contributed by atoms with Crippen LogP contribution in [0.15, 0.2) is 65.7 Å². The van der Waals surface area contributed by atoms with Crippen LogP contribution >= 0.6 is 0 Å². The molecule has 0 bridgehead atoms. The molecule has 1 unspecified atom stereocenters. The van der Waals surface area contributed by atoms with Crippen LogP contribution in [0.25, 0.3) is 0 Å². The zero-order chi connectivity index (χ0) is 18.2. The van der Waals surface area contributed by atoms with Gasteiger partial charge in [0.15, 0.2) is 0 Å². The van der Waals surface area contributed by atoms with E-state index in [1.807, 2.05) is 36.4 Å². The molecule has 0 aliphatic carbocycles. The summed E-state index contributed by atoms with van der Waals surface area (Å²) in [5, 5.41) is 14.8. The van der Waals surface area contributed by atoms with E-state index in [0.29, 0.717) is 0 Å². The van der Waals surface area contributed by atoms with Crippen LogP contribution in [0.3, 0.4) is 0 Å². The van der Waals surface area contributed by atoms with Gasteiger partial charge < -0.3 is 10.4 Å². The fourth-order valence-corrected chi connectivity index (χ4v) is 4.00. The maximum Gasteiger partial charge on any atom is 0.139 e. The molecule has 0 saturated carbocycles. The Hall–Kier alpha value is -2.13. The van der Waals surface area contributed by atoms with Crippen molar-refractivity contribution < 1.29 is 5.11 Å². The minimum Gasteiger partial charge on any atom is -0.372 e. The highest BCUT2D eigenvalue weighted by molar-refractivity contribution is 5.82. The van der Waals surface area contributed by atoms with Crippen molar-refractivity contribution in [1.29, 1.82) is 0 Å². The number of aliphatic imine (C=N–C) groups is 1. The topological polar surface area (TPSA) is 44.6 Å². The van der Waals surface area contributed by atoms with E-state index >= 15 is 0 Å². The number of amidine groups is 1. The molecule has 138 valence electrons. The Labute approximate surface area is 157 Å². The Morgan fingerprint density at radius 3 is 2.08 bits per heavy atom. The van der Waals surface area contributed by atoms with E-state index in [0.717, 1.165) is 49.2 Å². The van der Waals surface area contributed by atoms with Crippen molar-refractivity contribution in [2.24, 2.45) is 4.99 Å². The van der Waals surface area contributed by atoms with Gasteiger partial charge in [-0.25, -0.2) is 0 Å². The molecular weight excluding hydrogens is 320 g/mol. The number of aliphatic hydroxyl groups excluding tert-OH is 1. The second kappa shape index (κ2) is 9.00. The molecule has 2 aromatic carbocycles. The summed E-state index contributed by atoms with van der Waals surface area (Å²) >= 11 is 0. The second-order valence-electron chi connectivity index (χ2n) is 7.10. The highest BCUT2D eigenvalue weighted by atomic mass is 16.3. The van der Waals surface area contributed by atoms with Gasteiger partial charge in [-0.1, -0.05) is 80.4 Å². The van der Waals surface area contributed by atoms with Gasteiger partial charge >= 0.3 is 0 Å². The average molecular weight is 351 g/mol. The molecule has 2 aromatic rings. The van der Waals surface area contributed by atoms with Crippen molar-refractivity contribution in [1.82, 2.24) is 5.32 Å². The monoisotopic (exact) mass is 350 g/mol. The summed E-state index contributed by atoms with van der Waals surface area (Å²) in [6.45, 7) is 3.00. The van der Waals surface area contributed by atoms with E-state index in [2.05, 4.69) is 36.5 Å². The third kappa shape index (κ3) is 3.99. The van der Waals surface area contributed by atoms with Crippen molar-refractivity contribution in [2.75, 3.05) is 6.54 Å². The minimum atomic E-state index is -0.726. The first-order valence-electron chi connectivity index (χ1n) is 9.86. The summed E-state index contributed by atoms with van der Waals surface area (Å²) in [6.07, 6.45) is 5.75. The minimum absolute atomic E-state index is 0.507. The van der Waals surface area contributed by atoms with Gasteiger partial charge in [0.25, 0.3) is 0 Å². The van der Waals surface area contributed by atoms with Crippen LogP contribution < -0.4 is 5.32 Å². The fourth-order valence-electron chi connectivity index (χ4n) is 4.00. The van der Waals surface area contributed by atoms with Crippen LogP contribution in [0.5, 0.6) is 0 Å². The van der Waals surface area contributed by atoms with Gasteiger partial charge in [0.05, 0.1) is 11.3 Å². The highest BCUT2D eigenvalue weighted by Gasteiger charge is 2.40. The average Bonchev–Trinajstić information content (AvgIpc) is 2.67. The molecule has 0 radical (unpaired) electrons. The summed E-state index contributed by atoms with van der Waals surface area (Å²) in [5.41, 5.74) is 1.74. The lowest BCUT2D eigenvalue weighted by molar-refractivity contribution is 0.0846. The summed E-state index contributed by atoms with van der Waals surface area (Å²) in [6, 6.07) is 20.7. The molecule has 0 fully saturated rings. The van der Waals surface area contributed by atoms with Crippen molar-refractivity contribution in [2.45, 2.75) is 57.1 Å². The van der Waals surface area contributed by atoms with Gasteiger partial charge in [0, 0.05) is 13.0 Å². The third-order valence-electron chi connectivity index (χ3n) is 5.53. The lowest BCUT2D eigenvalue weighted by atomic mass is 9.71. The van der Waals surface area contributed by atoms with Crippen molar-refractivity contribution in [3.63, 3.8) is 0 Å². The molecule has 3 heteroatoms. The highest BCUT2D eigenvalue weighted by Crippen LogP contribution is 2.38. The van der Waals surface area contributed by atoms with Gasteiger partial charge in [-0.05, 0) is 30.4 Å². The van der Waals surface area contributed by atoms with Crippen LogP contribution in [-0.4, -0.2) is 23.7 Å². The first-order valence-corrected chi connectivity index (χ1v) is 9.86. The summed E-state index contributed by atoms with van der Waals surface area (Å²) in [7, 11) is 0. The summed E-state index contributed by atoms with van der Waals surface area (Å²) < 4.78 is 0. The van der Waals surface area contributed by atoms with E-state index < -0.39 is 11.6 Å². The van der Waals surface area contributed by atoms with Crippen LogP contribution in [0.4, 0.5) is 0 Å². The molecular formula is C23H30N2O. The Balaban J connectivity index is 1.97. The molecule has 2 N–H and O–H groups in total. The number of hydrogen-bond acceptors (Lipinski definition) is 3. The number of rotatable bonds is 5. The molecule has 3 rings (SSSR count). The zero-order valence-electron chi connectivity index (χ0n) is 15.7. The van der Waals surface area contributed by atoms with Gasteiger partial charge in [0.1, 0.15) is 6.23 Å². The van der Waals surface area contributed by atoms with E-state index in [-0.39, 0.29) is 0 Å². The third-order valence-corrected chi connectivity index (χ3v) is 5.53. The van der Waals surface area contributed by atoms with Gasteiger partial charge in [-0.2, -0.15) is 0 Å². The quantitative estimate of drug-likeness (QED) is 0.771. The lowest BCUT2D eigenvalue weighted by Gasteiger charge is -2.39. The SMILES string of the molecule is CCC(c1ccccc1)(c1ccccc1)C(O)NC1=NCCCCCC1. The van der Waals surface area contributed by atoms with E-state index in [9.17, 15) is 5.11 Å². The first-order chi connectivity index (χ1) is 12.8. The van der Waals surface area contributed by atoms with Gasteiger partial charge in [-0.3, -0.25) is 4.99 Å². The normalized spacial score (nSPS) is 16.9. The van der Waals surface area contributed by atoms with E-state index in [4.69, 9.17) is 4.99 Å². The van der Waals surface area contributed by atoms with Gasteiger partial charge in [0.2, 0.25) is 0 Å². The number of hydrogen-bond donors (Lipinski definition) is 2. The van der Waals surface area contributed by atoms with Gasteiger partial charge in [-0.15, -0.1) is 0 Å². The fraction of sp³-hybridized carbons (Fsp3) is 0.435. The summed E-state index contributed by atoms with van der Waals surface area (Å²) in [5.74, 6) is 0.946. The van der Waals surface area contributed by atoms with Crippen LogP contribution in [-0.2, 0) is 5.41 Å². The van der Waals surface area contributed by atoms with Crippen molar-refractivity contribution >= 4 is 5.84 Å². The maximum atomic E-state index is 11.4. The number of aliphatic hydroxyl groups is 1. The molecule has 1 heterocycles. The predicted molar refractivity (Wildman–Crippen MR) is 108 cm³/mol. The Morgan fingerprint density at radius 1 is 0.923 bits per heavy atom. The molecule has 26 heavy (non-hydrogen) atoms. The maximum absolute atomic E-state index is 11.4. The molecule has 0 amide bonds. The largest absolute Gasteiger partial charge is 0.372 e. The molecule has 0 spiro atoms. The molecule has 3 nitrogen and oxygen atoms in total. The first kappa shape index (κ1) is 18.7. The number of nitrogens with zero attached hydrogens (tertiary/aromatic N) is 1. The number of benzene rings is 2. The van der Waals surface area contributed by atoms with E-state index in [1.54, 1.807) is 0 Å². The Morgan fingerprint density at radius 2 is 1.50 bits per heavy atom. The van der Waals surface area contributed by atoms with Crippen LogP contribution in [0, 0.1) is 0 Å². The summed E-state index contributed by atoms with van der Waals surface area (Å²) in [4.78, 5) is 4.70. The number of nitrogens with one attached hydrogen (secondary N) is 1. The standard InChI is InChI=1S/C23H30N2O/c1-2-23(19-13-7-5-8-14-19,20-15-9-6-10-16-20)22(26)25-21-17-11-3-4-12-18-24-21/h5-10,13-16,22,26H,2-4,11-12,17-18H2,1H3,(H,24,25). The van der Waals surface area contributed by atoms with E-state index in [1.165, 1.54) is 12.8 Å². The molecule has 0 aromatic heterocycles. The molecule has 1 aliphatic rings. The van der Waals surface area contributed by atoms with Crippen molar-refractivity contribution in [3.05, 3.63) is 71.8 Å². The Bertz CT molecular complexity index is 657. The molecule has 1 aliphatic heterocycles. The Kier molecular flexibility index (Phi) is 6.45. The molecule has 0 saturated heterocycles. The van der Waals surface area contributed by atoms with Crippen LogP contribution in [0.2, 0.25) is 0 Å². The van der Waals surface area contributed by atoms with Crippen LogP contribution in [0.1, 0.15) is 56.6 Å². The van der Waals surface area contributed by atoms with Crippen molar-refractivity contribution in [3.8, 4) is 0 Å². The smallest absolute Gasteiger partial charge is 0.139 e. The zero-order valence-corrected chi connectivity index (χ0v) is 15.7. The lowest BCUT2D eigenvalue weighted by Crippen LogP contribution is -2.51. The predicted octanol–water partition coefficient (Wildman–Crippen LogP) is 4.65. The second-order valence-corrected chi connectivity index (χ2v) is 7.10.